The summed E-state index contributed by atoms with van der Waals surface area (Å²) < 4.78 is 53.8. The maximum absolute atomic E-state index is 12.9. The Morgan fingerprint density at radius 3 is 1.79 bits per heavy atom. The number of hydrogen-bond acceptors (Lipinski definition) is 4. The summed E-state index contributed by atoms with van der Waals surface area (Å²) in [5, 5.41) is 0.869. The van der Waals surface area contributed by atoms with Gasteiger partial charge < -0.3 is 0 Å². The minimum atomic E-state index is -4.01. The lowest BCUT2D eigenvalue weighted by atomic mass is 10.2. The number of sulfone groups is 1. The van der Waals surface area contributed by atoms with E-state index >= 15 is 0 Å². The summed E-state index contributed by atoms with van der Waals surface area (Å²) in [6, 6.07) is 15.8. The Balaban J connectivity index is 2.03. The van der Waals surface area contributed by atoms with Crippen molar-refractivity contribution in [3.05, 3.63) is 82.3 Å². The Morgan fingerprint density at radius 2 is 1.21 bits per heavy atom. The van der Waals surface area contributed by atoms with Gasteiger partial charge in [-0.25, -0.2) is 16.8 Å². The first-order valence-electron chi connectivity index (χ1n) is 7.99. The Morgan fingerprint density at radius 1 is 0.714 bits per heavy atom. The number of sulfonamides is 1. The highest BCUT2D eigenvalue weighted by Gasteiger charge is 2.23. The van der Waals surface area contributed by atoms with Gasteiger partial charge >= 0.3 is 0 Å². The number of nitrogens with one attached hydrogen (secondary N) is 1. The maximum atomic E-state index is 12.9. The number of aryl methyl sites for hydroxylation is 1. The first kappa shape index (κ1) is 20.7. The summed E-state index contributed by atoms with van der Waals surface area (Å²) >= 11 is 11.6. The minimum Gasteiger partial charge on any atom is -0.280 e. The third-order valence-electron chi connectivity index (χ3n) is 3.98. The number of hydrogen-bond donors (Lipinski definition) is 1. The molecule has 0 unspecified atom stereocenters. The molecule has 0 bridgehead atoms. The largest absolute Gasteiger partial charge is 0.280 e. The van der Waals surface area contributed by atoms with Crippen molar-refractivity contribution in [1.29, 1.82) is 0 Å². The monoisotopic (exact) mass is 455 g/mol. The van der Waals surface area contributed by atoms with Crippen molar-refractivity contribution in [2.75, 3.05) is 4.72 Å². The zero-order valence-electron chi connectivity index (χ0n) is 14.6. The third-order valence-corrected chi connectivity index (χ3v) is 7.77. The second kappa shape index (κ2) is 7.75. The van der Waals surface area contributed by atoms with Crippen molar-refractivity contribution in [3.63, 3.8) is 0 Å². The molecule has 0 aliphatic rings. The fourth-order valence-electron chi connectivity index (χ4n) is 2.51. The van der Waals surface area contributed by atoms with Crippen molar-refractivity contribution >= 4 is 48.7 Å². The molecule has 3 aromatic carbocycles. The highest BCUT2D eigenvalue weighted by molar-refractivity contribution is 7.93. The zero-order chi connectivity index (χ0) is 20.5. The zero-order valence-corrected chi connectivity index (χ0v) is 17.7. The van der Waals surface area contributed by atoms with Crippen LogP contribution in [0.1, 0.15) is 5.56 Å². The van der Waals surface area contributed by atoms with E-state index in [0.29, 0.717) is 21.3 Å². The Bertz CT molecular complexity index is 1220. The van der Waals surface area contributed by atoms with E-state index in [9.17, 15) is 16.8 Å². The van der Waals surface area contributed by atoms with Gasteiger partial charge in [0, 0.05) is 15.7 Å². The molecule has 0 amide bonds. The van der Waals surface area contributed by atoms with Gasteiger partial charge in [-0.2, -0.15) is 0 Å². The third kappa shape index (κ3) is 4.33. The summed E-state index contributed by atoms with van der Waals surface area (Å²) in [5.74, 6) is 0. The molecule has 0 spiro atoms. The van der Waals surface area contributed by atoms with Gasteiger partial charge in [0.05, 0.1) is 14.7 Å². The van der Waals surface area contributed by atoms with Crippen LogP contribution in [0.4, 0.5) is 5.69 Å². The van der Waals surface area contributed by atoms with Gasteiger partial charge in [-0.05, 0) is 73.2 Å². The van der Waals surface area contributed by atoms with E-state index in [1.165, 1.54) is 48.5 Å². The van der Waals surface area contributed by atoms with Gasteiger partial charge in [0.25, 0.3) is 10.0 Å². The number of anilines is 1. The molecule has 0 saturated heterocycles. The van der Waals surface area contributed by atoms with Crippen molar-refractivity contribution in [3.8, 4) is 0 Å². The van der Waals surface area contributed by atoms with E-state index in [2.05, 4.69) is 4.72 Å². The molecule has 0 heterocycles. The van der Waals surface area contributed by atoms with Crippen molar-refractivity contribution in [1.82, 2.24) is 0 Å². The number of rotatable bonds is 5. The van der Waals surface area contributed by atoms with Crippen molar-refractivity contribution in [2.24, 2.45) is 0 Å². The Hall–Kier alpha value is -2.06. The van der Waals surface area contributed by atoms with Gasteiger partial charge in [-0.1, -0.05) is 29.3 Å². The van der Waals surface area contributed by atoms with Crippen LogP contribution in [0.5, 0.6) is 0 Å². The average Bonchev–Trinajstić information content (AvgIpc) is 2.64. The predicted molar refractivity (Wildman–Crippen MR) is 110 cm³/mol. The first-order chi connectivity index (χ1) is 13.1. The lowest BCUT2D eigenvalue weighted by Crippen LogP contribution is -2.15. The summed E-state index contributed by atoms with van der Waals surface area (Å²) in [4.78, 5) is -0.232. The predicted octanol–water partition coefficient (Wildman–Crippen LogP) is 4.94. The summed E-state index contributed by atoms with van der Waals surface area (Å²) in [5.41, 5.74) is 0.728. The van der Waals surface area contributed by atoms with Crippen LogP contribution in [-0.4, -0.2) is 16.8 Å². The molecule has 146 valence electrons. The van der Waals surface area contributed by atoms with Gasteiger partial charge in [-0.15, -0.1) is 0 Å². The van der Waals surface area contributed by atoms with E-state index < -0.39 is 19.9 Å². The maximum Gasteiger partial charge on any atom is 0.262 e. The molecule has 0 atom stereocenters. The SMILES string of the molecule is Cc1ccc(S(=O)(=O)c2ccc(Cl)cc2)cc1S(=O)(=O)Nc1ccc(Cl)cc1. The molecule has 0 saturated carbocycles. The molecule has 0 aliphatic carbocycles. The normalized spacial score (nSPS) is 12.0. The van der Waals surface area contributed by atoms with Crippen molar-refractivity contribution in [2.45, 2.75) is 21.6 Å². The van der Waals surface area contributed by atoms with Crippen LogP contribution in [0.2, 0.25) is 10.0 Å². The molecule has 28 heavy (non-hydrogen) atoms. The molecule has 3 aromatic rings. The topological polar surface area (TPSA) is 80.3 Å². The van der Waals surface area contributed by atoms with Gasteiger partial charge in [0.15, 0.2) is 0 Å². The summed E-state index contributed by atoms with van der Waals surface area (Å²) in [7, 11) is -7.91. The highest BCUT2D eigenvalue weighted by Crippen LogP contribution is 2.27. The standard InChI is InChI=1S/C19H15Cl2NO4S2/c1-13-2-9-18(27(23,24)17-10-5-15(21)6-11-17)12-19(13)28(25,26)22-16-7-3-14(20)4-8-16/h2-12,22H,1H3. The molecule has 0 aliphatic heterocycles. The van der Waals surface area contributed by atoms with Crippen LogP contribution in [0.3, 0.4) is 0 Å². The van der Waals surface area contributed by atoms with Crippen LogP contribution in [0.15, 0.2) is 81.4 Å². The fraction of sp³-hybridized carbons (Fsp3) is 0.0526. The quantitative estimate of drug-likeness (QED) is 0.590. The number of halogens is 2. The van der Waals surface area contributed by atoms with E-state index in [1.807, 2.05) is 0 Å². The highest BCUT2D eigenvalue weighted by atomic mass is 35.5. The van der Waals surface area contributed by atoms with Gasteiger partial charge in [0.1, 0.15) is 0 Å². The van der Waals surface area contributed by atoms with E-state index in [4.69, 9.17) is 23.2 Å². The van der Waals surface area contributed by atoms with Crippen LogP contribution in [-0.2, 0) is 19.9 Å². The fourth-order valence-corrected chi connectivity index (χ4v) is 5.46. The Labute approximate surface area is 173 Å². The minimum absolute atomic E-state index is 0.0229. The molecule has 0 aromatic heterocycles. The van der Waals surface area contributed by atoms with E-state index in [-0.39, 0.29) is 14.7 Å². The van der Waals surface area contributed by atoms with E-state index in [0.717, 1.165) is 6.07 Å². The second-order valence-electron chi connectivity index (χ2n) is 6.00. The smallest absolute Gasteiger partial charge is 0.262 e. The van der Waals surface area contributed by atoms with Crippen LogP contribution in [0.25, 0.3) is 0 Å². The lowest BCUT2D eigenvalue weighted by Gasteiger charge is -2.12. The van der Waals surface area contributed by atoms with Crippen LogP contribution < -0.4 is 4.72 Å². The molecular weight excluding hydrogens is 441 g/mol. The van der Waals surface area contributed by atoms with Crippen molar-refractivity contribution < 1.29 is 16.8 Å². The van der Waals surface area contributed by atoms with Crippen LogP contribution in [0, 0.1) is 6.92 Å². The molecule has 0 radical (unpaired) electrons. The average molecular weight is 456 g/mol. The van der Waals surface area contributed by atoms with Crippen LogP contribution >= 0.6 is 23.2 Å². The molecule has 3 rings (SSSR count). The first-order valence-corrected chi connectivity index (χ1v) is 11.7. The second-order valence-corrected chi connectivity index (χ2v) is 10.5. The molecule has 5 nitrogen and oxygen atoms in total. The molecule has 0 fully saturated rings. The summed E-state index contributed by atoms with van der Waals surface area (Å²) in [6.07, 6.45) is 0. The summed E-state index contributed by atoms with van der Waals surface area (Å²) in [6.45, 7) is 1.59. The van der Waals surface area contributed by atoms with Gasteiger partial charge in [-0.3, -0.25) is 4.72 Å². The molecule has 9 heteroatoms. The van der Waals surface area contributed by atoms with Gasteiger partial charge in [0.2, 0.25) is 9.84 Å². The molecular formula is C19H15Cl2NO4S2. The molecule has 1 N–H and O–H groups in total. The number of benzene rings is 3. The lowest BCUT2D eigenvalue weighted by molar-refractivity contribution is 0.595. The van der Waals surface area contributed by atoms with E-state index in [1.54, 1.807) is 19.1 Å². The Kier molecular flexibility index (Phi) is 5.72.